The maximum absolute atomic E-state index is 6.11. The van der Waals surface area contributed by atoms with Crippen molar-refractivity contribution in [2.45, 2.75) is 26.3 Å². The Labute approximate surface area is 231 Å². The molecule has 0 aliphatic carbocycles. The Morgan fingerprint density at radius 3 is 1.62 bits per heavy atom. The third kappa shape index (κ3) is 10.1. The van der Waals surface area contributed by atoms with Crippen LogP contribution in [0.25, 0.3) is 0 Å². The van der Waals surface area contributed by atoms with E-state index < -0.39 is 0 Å². The van der Waals surface area contributed by atoms with Gasteiger partial charge in [0.05, 0.1) is 0 Å². The Morgan fingerprint density at radius 2 is 1.16 bits per heavy atom. The number of ether oxygens (including phenoxy) is 2. The standard InChI is InChI=1S/C28H28NO2.C5H5.Fe/c1-29(19-23-10-8-9-11-23)20-26-16-27(30-21-24-12-4-2-5-13-24)18-28(17-26)31-22-25-14-6-3-7-15-25;1-2-4-5-3-1;/h2-18H,19-22H2,1H3;1-5H;/q2*-1;+2. The fourth-order valence-electron chi connectivity index (χ4n) is 3.89. The fraction of sp³-hybridized carbons (Fsp3) is 0.152. The van der Waals surface area contributed by atoms with Gasteiger partial charge < -0.3 is 14.4 Å². The van der Waals surface area contributed by atoms with Crippen LogP contribution in [-0.2, 0) is 43.4 Å². The van der Waals surface area contributed by atoms with E-state index in [9.17, 15) is 0 Å². The molecule has 0 atom stereocenters. The molecule has 0 radical (unpaired) electrons. The largest absolute Gasteiger partial charge is 2.00 e. The van der Waals surface area contributed by atoms with Gasteiger partial charge in [-0.2, -0.15) is 30.3 Å². The van der Waals surface area contributed by atoms with Crippen molar-refractivity contribution >= 4 is 0 Å². The number of rotatable bonds is 10. The molecular formula is C33H33FeNO2. The van der Waals surface area contributed by atoms with E-state index in [0.29, 0.717) is 13.2 Å². The Balaban J connectivity index is 0.000000568. The molecule has 5 aromatic carbocycles. The van der Waals surface area contributed by atoms with Gasteiger partial charge in [0, 0.05) is 12.6 Å². The van der Waals surface area contributed by atoms with Crippen LogP contribution in [0.1, 0.15) is 22.3 Å². The molecule has 0 saturated heterocycles. The summed E-state index contributed by atoms with van der Waals surface area (Å²) in [6.45, 7) is 2.79. The van der Waals surface area contributed by atoms with E-state index in [4.69, 9.17) is 9.47 Å². The van der Waals surface area contributed by atoms with E-state index >= 15 is 0 Å². The van der Waals surface area contributed by atoms with Gasteiger partial charge in [-0.1, -0.05) is 60.7 Å². The van der Waals surface area contributed by atoms with Crippen molar-refractivity contribution in [3.05, 3.63) is 156 Å². The predicted octanol–water partition coefficient (Wildman–Crippen LogP) is 7.60. The quantitative estimate of drug-likeness (QED) is 0.137. The van der Waals surface area contributed by atoms with Gasteiger partial charge in [-0.15, -0.1) is 5.56 Å². The molecule has 0 amide bonds. The molecule has 0 fully saturated rings. The molecule has 0 saturated carbocycles. The normalized spacial score (nSPS) is 10.2. The average molecular weight is 531 g/mol. The number of hydrogen-bond acceptors (Lipinski definition) is 3. The van der Waals surface area contributed by atoms with E-state index in [1.807, 2.05) is 72.8 Å². The summed E-state index contributed by atoms with van der Waals surface area (Å²) in [6.07, 6.45) is 0. The van der Waals surface area contributed by atoms with E-state index in [1.165, 1.54) is 11.1 Å². The van der Waals surface area contributed by atoms with Gasteiger partial charge in [0.15, 0.2) is 0 Å². The second-order valence-electron chi connectivity index (χ2n) is 8.79. The van der Waals surface area contributed by atoms with Crippen molar-refractivity contribution in [3.63, 3.8) is 0 Å². The molecule has 190 valence electrons. The van der Waals surface area contributed by atoms with E-state index in [2.05, 4.69) is 72.6 Å². The van der Waals surface area contributed by atoms with Gasteiger partial charge in [-0.25, -0.2) is 24.3 Å². The molecule has 0 unspecified atom stereocenters. The second kappa shape index (κ2) is 15.5. The van der Waals surface area contributed by atoms with Crippen LogP contribution in [-0.4, -0.2) is 11.9 Å². The van der Waals surface area contributed by atoms with Gasteiger partial charge in [0.1, 0.15) is 24.7 Å². The van der Waals surface area contributed by atoms with Crippen LogP contribution >= 0.6 is 0 Å². The Hall–Kier alpha value is -3.56. The molecular weight excluding hydrogens is 498 g/mol. The predicted molar refractivity (Wildman–Crippen MR) is 147 cm³/mol. The van der Waals surface area contributed by atoms with Crippen LogP contribution in [0.2, 0.25) is 0 Å². The summed E-state index contributed by atoms with van der Waals surface area (Å²) < 4.78 is 12.2. The molecule has 0 aromatic heterocycles. The first-order valence-electron chi connectivity index (χ1n) is 12.3. The van der Waals surface area contributed by atoms with Crippen LogP contribution in [0.15, 0.2) is 133 Å². The van der Waals surface area contributed by atoms with Gasteiger partial charge in [0.2, 0.25) is 0 Å². The molecule has 0 heterocycles. The topological polar surface area (TPSA) is 21.7 Å². The smallest absolute Gasteiger partial charge is 0.489 e. The maximum Gasteiger partial charge on any atom is 2.00 e. The van der Waals surface area contributed by atoms with Gasteiger partial charge in [-0.3, -0.25) is 0 Å². The van der Waals surface area contributed by atoms with E-state index in [0.717, 1.165) is 35.7 Å². The Bertz CT molecular complexity index is 1160. The summed E-state index contributed by atoms with van der Waals surface area (Å²) in [7, 11) is 2.13. The minimum Gasteiger partial charge on any atom is -0.489 e. The monoisotopic (exact) mass is 531 g/mol. The first kappa shape index (κ1) is 28.0. The first-order valence-corrected chi connectivity index (χ1v) is 12.3. The van der Waals surface area contributed by atoms with Crippen molar-refractivity contribution in [1.82, 2.24) is 4.90 Å². The molecule has 0 aliphatic rings. The third-order valence-electron chi connectivity index (χ3n) is 5.63. The summed E-state index contributed by atoms with van der Waals surface area (Å²) >= 11 is 0. The van der Waals surface area contributed by atoms with Crippen LogP contribution in [0.4, 0.5) is 0 Å². The third-order valence-corrected chi connectivity index (χ3v) is 5.63. The number of nitrogens with zero attached hydrogens (tertiary/aromatic N) is 1. The van der Waals surface area contributed by atoms with Gasteiger partial charge in [0.25, 0.3) is 0 Å². The Morgan fingerprint density at radius 1 is 0.649 bits per heavy atom. The number of benzene rings is 3. The summed E-state index contributed by atoms with van der Waals surface area (Å²) in [4.78, 5) is 2.30. The van der Waals surface area contributed by atoms with Crippen LogP contribution < -0.4 is 9.47 Å². The fourth-order valence-corrected chi connectivity index (χ4v) is 3.89. The van der Waals surface area contributed by atoms with Gasteiger partial charge in [-0.05, 0) is 42.4 Å². The second-order valence-corrected chi connectivity index (χ2v) is 8.79. The molecule has 4 heteroatoms. The van der Waals surface area contributed by atoms with Crippen LogP contribution in [0.5, 0.6) is 11.5 Å². The van der Waals surface area contributed by atoms with Crippen molar-refractivity contribution in [2.24, 2.45) is 0 Å². The molecule has 0 spiro atoms. The van der Waals surface area contributed by atoms with Crippen molar-refractivity contribution < 1.29 is 26.5 Å². The van der Waals surface area contributed by atoms with E-state index in [1.54, 1.807) is 0 Å². The summed E-state index contributed by atoms with van der Waals surface area (Å²) in [5.74, 6) is 1.65. The first-order chi connectivity index (χ1) is 17.7. The summed E-state index contributed by atoms with van der Waals surface area (Å²) in [5, 5.41) is 0. The zero-order chi connectivity index (χ0) is 24.8. The number of hydrogen-bond donors (Lipinski definition) is 0. The molecule has 3 nitrogen and oxygen atoms in total. The Kier molecular flexibility index (Phi) is 11.8. The van der Waals surface area contributed by atoms with E-state index in [-0.39, 0.29) is 17.1 Å². The van der Waals surface area contributed by atoms with Crippen molar-refractivity contribution in [2.75, 3.05) is 7.05 Å². The molecule has 37 heavy (non-hydrogen) atoms. The summed E-state index contributed by atoms with van der Waals surface area (Å²) in [6, 6.07) is 45.1. The van der Waals surface area contributed by atoms with Gasteiger partial charge >= 0.3 is 17.1 Å². The molecule has 0 aliphatic heterocycles. The summed E-state index contributed by atoms with van der Waals surface area (Å²) in [5.41, 5.74) is 4.78. The van der Waals surface area contributed by atoms with Crippen molar-refractivity contribution in [3.8, 4) is 11.5 Å². The molecule has 5 rings (SSSR count). The minimum atomic E-state index is 0. The van der Waals surface area contributed by atoms with Crippen LogP contribution in [0, 0.1) is 0 Å². The van der Waals surface area contributed by atoms with Crippen molar-refractivity contribution in [1.29, 1.82) is 0 Å². The maximum atomic E-state index is 6.11. The molecule has 5 aromatic rings. The molecule has 0 bridgehead atoms. The zero-order valence-electron chi connectivity index (χ0n) is 21.1. The average Bonchev–Trinajstić information content (AvgIpc) is 3.65. The SMILES string of the molecule is CN(Cc1cc(OCc2ccccc2)cc(OCc2ccccc2)c1)C[c-]1cccc1.[Fe+2].c1cc[cH-]c1. The van der Waals surface area contributed by atoms with Crippen LogP contribution in [0.3, 0.4) is 0 Å². The minimum absolute atomic E-state index is 0. The zero-order valence-corrected chi connectivity index (χ0v) is 22.3. The molecule has 0 N–H and O–H groups in total.